The van der Waals surface area contributed by atoms with E-state index in [9.17, 15) is 5.11 Å². The van der Waals surface area contributed by atoms with E-state index in [-0.39, 0.29) is 0 Å². The van der Waals surface area contributed by atoms with Gasteiger partial charge in [-0.2, -0.15) is 0 Å². The topological polar surface area (TPSA) is 29.5 Å². The molecule has 88 valence electrons. The molecule has 2 rings (SSSR count). The van der Waals surface area contributed by atoms with Crippen LogP contribution < -0.4 is 4.74 Å². The summed E-state index contributed by atoms with van der Waals surface area (Å²) in [6.07, 6.45) is -0.490. The highest BCUT2D eigenvalue weighted by atomic mass is 16.5. The Bertz CT molecular complexity index is 504. The van der Waals surface area contributed by atoms with Crippen molar-refractivity contribution in [3.05, 3.63) is 54.1 Å². The van der Waals surface area contributed by atoms with Crippen molar-refractivity contribution in [1.82, 2.24) is 0 Å². The summed E-state index contributed by atoms with van der Waals surface area (Å²) in [6, 6.07) is 15.7. The maximum absolute atomic E-state index is 9.79. The van der Waals surface area contributed by atoms with Gasteiger partial charge in [-0.1, -0.05) is 42.5 Å². The van der Waals surface area contributed by atoms with Crippen molar-refractivity contribution in [2.24, 2.45) is 0 Å². The fourth-order valence-corrected chi connectivity index (χ4v) is 1.97. The molecule has 0 spiro atoms. The standard InChI is InChI=1S/C15H16O2/c1-11(16)12-7-3-4-8-13(12)14-9-5-6-10-15(14)17-2/h3-11,16H,1-2H3. The Morgan fingerprint density at radius 3 is 2.18 bits per heavy atom. The molecule has 0 saturated carbocycles. The second-order valence-electron chi connectivity index (χ2n) is 3.96. The van der Waals surface area contributed by atoms with E-state index >= 15 is 0 Å². The zero-order valence-corrected chi connectivity index (χ0v) is 10.1. The third-order valence-corrected chi connectivity index (χ3v) is 2.81. The zero-order chi connectivity index (χ0) is 12.3. The first-order valence-corrected chi connectivity index (χ1v) is 5.64. The molecule has 0 aromatic heterocycles. The Balaban J connectivity index is 2.60. The third kappa shape index (κ3) is 2.32. The Morgan fingerprint density at radius 1 is 0.941 bits per heavy atom. The molecule has 0 bridgehead atoms. The molecule has 0 aliphatic heterocycles. The van der Waals surface area contributed by atoms with E-state index in [1.807, 2.05) is 48.5 Å². The van der Waals surface area contributed by atoms with Crippen LogP contribution in [0.1, 0.15) is 18.6 Å². The number of aliphatic hydroxyl groups excluding tert-OH is 1. The van der Waals surface area contributed by atoms with Crippen molar-refractivity contribution in [3.8, 4) is 16.9 Å². The van der Waals surface area contributed by atoms with Gasteiger partial charge in [-0.3, -0.25) is 0 Å². The van der Waals surface area contributed by atoms with E-state index in [1.165, 1.54) is 0 Å². The fourth-order valence-electron chi connectivity index (χ4n) is 1.97. The minimum Gasteiger partial charge on any atom is -0.496 e. The summed E-state index contributed by atoms with van der Waals surface area (Å²) in [7, 11) is 1.66. The zero-order valence-electron chi connectivity index (χ0n) is 10.1. The van der Waals surface area contributed by atoms with Crippen LogP contribution in [0.5, 0.6) is 5.75 Å². The number of para-hydroxylation sites is 1. The van der Waals surface area contributed by atoms with Crippen molar-refractivity contribution in [1.29, 1.82) is 0 Å². The molecule has 1 unspecified atom stereocenters. The van der Waals surface area contributed by atoms with Crippen LogP contribution in [-0.2, 0) is 0 Å². The molecule has 1 N–H and O–H groups in total. The largest absolute Gasteiger partial charge is 0.496 e. The number of ether oxygens (including phenoxy) is 1. The highest BCUT2D eigenvalue weighted by Gasteiger charge is 2.11. The van der Waals surface area contributed by atoms with Gasteiger partial charge in [0.15, 0.2) is 0 Å². The molecular weight excluding hydrogens is 212 g/mol. The Labute approximate surface area is 101 Å². The van der Waals surface area contributed by atoms with Crippen molar-refractivity contribution in [2.75, 3.05) is 7.11 Å². The Hall–Kier alpha value is -1.80. The second kappa shape index (κ2) is 5.02. The van der Waals surface area contributed by atoms with Gasteiger partial charge in [0.25, 0.3) is 0 Å². The fraction of sp³-hybridized carbons (Fsp3) is 0.200. The molecule has 1 atom stereocenters. The van der Waals surface area contributed by atoms with Crippen LogP contribution in [0.25, 0.3) is 11.1 Å². The van der Waals surface area contributed by atoms with Crippen LogP contribution in [0.15, 0.2) is 48.5 Å². The first-order valence-electron chi connectivity index (χ1n) is 5.64. The lowest BCUT2D eigenvalue weighted by Crippen LogP contribution is -1.96. The van der Waals surface area contributed by atoms with Gasteiger partial charge in [-0.15, -0.1) is 0 Å². The van der Waals surface area contributed by atoms with Crippen molar-refractivity contribution >= 4 is 0 Å². The highest BCUT2D eigenvalue weighted by Crippen LogP contribution is 2.34. The predicted molar refractivity (Wildman–Crippen MR) is 69.1 cm³/mol. The molecule has 0 aliphatic carbocycles. The summed E-state index contributed by atoms with van der Waals surface area (Å²) in [6.45, 7) is 1.77. The third-order valence-electron chi connectivity index (χ3n) is 2.81. The molecule has 2 nitrogen and oxygen atoms in total. The van der Waals surface area contributed by atoms with E-state index in [0.29, 0.717) is 0 Å². The van der Waals surface area contributed by atoms with Gasteiger partial charge in [-0.25, -0.2) is 0 Å². The van der Waals surface area contributed by atoms with Crippen LogP contribution in [0.4, 0.5) is 0 Å². The SMILES string of the molecule is COc1ccccc1-c1ccccc1C(C)O. The van der Waals surface area contributed by atoms with Gasteiger partial charge in [0.05, 0.1) is 13.2 Å². The van der Waals surface area contributed by atoms with Crippen LogP contribution in [0.2, 0.25) is 0 Å². The summed E-state index contributed by atoms with van der Waals surface area (Å²) in [4.78, 5) is 0. The van der Waals surface area contributed by atoms with Crippen LogP contribution >= 0.6 is 0 Å². The lowest BCUT2D eigenvalue weighted by molar-refractivity contribution is 0.200. The molecule has 0 radical (unpaired) electrons. The average molecular weight is 228 g/mol. The summed E-state index contributed by atoms with van der Waals surface area (Å²) >= 11 is 0. The second-order valence-corrected chi connectivity index (χ2v) is 3.96. The molecule has 2 aromatic carbocycles. The van der Waals surface area contributed by atoms with Gasteiger partial charge in [0, 0.05) is 5.56 Å². The molecule has 0 aliphatic rings. The van der Waals surface area contributed by atoms with Crippen LogP contribution in [0, 0.1) is 0 Å². The van der Waals surface area contributed by atoms with Crippen LogP contribution in [0.3, 0.4) is 0 Å². The van der Waals surface area contributed by atoms with E-state index < -0.39 is 6.10 Å². The summed E-state index contributed by atoms with van der Waals surface area (Å²) in [5.41, 5.74) is 2.93. The number of methoxy groups -OCH3 is 1. The van der Waals surface area contributed by atoms with Gasteiger partial charge in [0.1, 0.15) is 5.75 Å². The summed E-state index contributed by atoms with van der Waals surface area (Å²) < 4.78 is 5.35. The van der Waals surface area contributed by atoms with E-state index in [0.717, 1.165) is 22.4 Å². The lowest BCUT2D eigenvalue weighted by atomic mass is 9.96. The lowest BCUT2D eigenvalue weighted by Gasteiger charge is -2.14. The molecule has 2 aromatic rings. The average Bonchev–Trinajstić information content (AvgIpc) is 2.38. The first-order chi connectivity index (χ1) is 8.24. The quantitative estimate of drug-likeness (QED) is 0.872. The molecule has 0 heterocycles. The van der Waals surface area contributed by atoms with Gasteiger partial charge in [0.2, 0.25) is 0 Å². The number of hydrogen-bond acceptors (Lipinski definition) is 2. The number of aliphatic hydroxyl groups is 1. The number of rotatable bonds is 3. The maximum Gasteiger partial charge on any atom is 0.126 e. The molecule has 0 saturated heterocycles. The minimum atomic E-state index is -0.490. The normalized spacial score (nSPS) is 12.2. The first kappa shape index (κ1) is 11.7. The van der Waals surface area contributed by atoms with Gasteiger partial charge in [-0.05, 0) is 24.1 Å². The Morgan fingerprint density at radius 2 is 1.53 bits per heavy atom. The molecule has 0 fully saturated rings. The highest BCUT2D eigenvalue weighted by molar-refractivity contribution is 5.73. The van der Waals surface area contributed by atoms with Crippen molar-refractivity contribution in [2.45, 2.75) is 13.0 Å². The summed E-state index contributed by atoms with van der Waals surface area (Å²) in [5, 5.41) is 9.79. The van der Waals surface area contributed by atoms with Crippen molar-refractivity contribution in [3.63, 3.8) is 0 Å². The van der Waals surface area contributed by atoms with E-state index in [4.69, 9.17) is 4.74 Å². The van der Waals surface area contributed by atoms with Crippen molar-refractivity contribution < 1.29 is 9.84 Å². The molecule has 2 heteroatoms. The maximum atomic E-state index is 9.79. The monoisotopic (exact) mass is 228 g/mol. The number of hydrogen-bond donors (Lipinski definition) is 1. The summed E-state index contributed by atoms with van der Waals surface area (Å²) in [5.74, 6) is 0.820. The minimum absolute atomic E-state index is 0.490. The van der Waals surface area contributed by atoms with Gasteiger partial charge >= 0.3 is 0 Å². The molecule has 0 amide bonds. The molecular formula is C15H16O2. The predicted octanol–water partition coefficient (Wildman–Crippen LogP) is 3.42. The van der Waals surface area contributed by atoms with Gasteiger partial charge < -0.3 is 9.84 Å². The smallest absolute Gasteiger partial charge is 0.126 e. The number of benzene rings is 2. The molecule has 17 heavy (non-hydrogen) atoms. The van der Waals surface area contributed by atoms with E-state index in [1.54, 1.807) is 14.0 Å². The van der Waals surface area contributed by atoms with E-state index in [2.05, 4.69) is 0 Å². The Kier molecular flexibility index (Phi) is 3.45. The van der Waals surface area contributed by atoms with Crippen LogP contribution in [-0.4, -0.2) is 12.2 Å².